The zero-order valence-electron chi connectivity index (χ0n) is 11.7. The molecule has 1 atom stereocenters. The van der Waals surface area contributed by atoms with Gasteiger partial charge in [0.05, 0.1) is 11.5 Å². The highest BCUT2D eigenvalue weighted by Gasteiger charge is 2.25. The number of anilines is 1. The van der Waals surface area contributed by atoms with Crippen LogP contribution in [-0.4, -0.2) is 11.5 Å². The van der Waals surface area contributed by atoms with E-state index in [1.54, 1.807) is 6.92 Å². The molecule has 0 heterocycles. The monoisotopic (exact) mass is 248 g/mol. The van der Waals surface area contributed by atoms with Crippen molar-refractivity contribution in [3.8, 4) is 0 Å². The smallest absolute Gasteiger partial charge is 0.0741 e. The molecule has 3 nitrogen and oxygen atoms in total. The van der Waals surface area contributed by atoms with E-state index >= 15 is 0 Å². The van der Waals surface area contributed by atoms with Crippen LogP contribution in [0.15, 0.2) is 18.2 Å². The van der Waals surface area contributed by atoms with E-state index in [1.807, 2.05) is 32.0 Å². The van der Waals surface area contributed by atoms with Gasteiger partial charge in [-0.3, -0.25) is 0 Å². The molecule has 1 unspecified atom stereocenters. The topological polar surface area (TPSA) is 52.2 Å². The lowest BCUT2D eigenvalue weighted by Gasteiger charge is -2.34. The lowest BCUT2D eigenvalue weighted by Crippen LogP contribution is -2.51. The Morgan fingerprint density at radius 3 is 2.56 bits per heavy atom. The van der Waals surface area contributed by atoms with E-state index in [9.17, 15) is 9.90 Å². The van der Waals surface area contributed by atoms with Crippen molar-refractivity contribution in [1.29, 1.82) is 0 Å². The summed E-state index contributed by atoms with van der Waals surface area (Å²) in [6.07, 6.45) is 2.22. The van der Waals surface area contributed by atoms with Crippen LogP contribution in [0, 0.1) is 6.92 Å². The first kappa shape index (κ1) is 14.6. The van der Waals surface area contributed by atoms with Crippen LogP contribution in [0.5, 0.6) is 0 Å². The highest BCUT2D eigenvalue weighted by molar-refractivity contribution is 5.81. The van der Waals surface area contributed by atoms with Gasteiger partial charge < -0.3 is 15.2 Å². The van der Waals surface area contributed by atoms with Gasteiger partial charge in [-0.15, -0.1) is 0 Å². The second-order valence-corrected chi connectivity index (χ2v) is 4.96. The Kier molecular flexibility index (Phi) is 4.76. The molecule has 0 spiro atoms. The normalized spacial score (nSPS) is 14.0. The summed E-state index contributed by atoms with van der Waals surface area (Å²) in [4.78, 5) is 11.4. The summed E-state index contributed by atoms with van der Waals surface area (Å²) in [7, 11) is 0. The Morgan fingerprint density at radius 2 is 2.06 bits per heavy atom. The third-order valence-corrected chi connectivity index (χ3v) is 3.34. The molecular weight excluding hydrogens is 226 g/mol. The molecule has 0 saturated carbocycles. The number of nitrogens with one attached hydrogen (secondary N) is 1. The van der Waals surface area contributed by atoms with Crippen molar-refractivity contribution in [3.05, 3.63) is 29.3 Å². The minimum absolute atomic E-state index is 0.548. The van der Waals surface area contributed by atoms with Gasteiger partial charge in [-0.25, -0.2) is 0 Å². The molecule has 1 N–H and O–H groups in total. The summed E-state index contributed by atoms with van der Waals surface area (Å²) in [6.45, 7) is 7.72. The highest BCUT2D eigenvalue weighted by Crippen LogP contribution is 2.26. The average Bonchev–Trinajstić information content (AvgIpc) is 2.32. The van der Waals surface area contributed by atoms with E-state index in [0.717, 1.165) is 29.7 Å². The standard InChI is InChI=1S/C15H23NO2/c1-5-10-15(4,14(17)18)16-13-11(3)8-7-9-12(13)6-2/h7-9,16H,5-6,10H2,1-4H3,(H,17,18)/p-1. The Hall–Kier alpha value is -1.51. The van der Waals surface area contributed by atoms with Crippen molar-refractivity contribution in [2.75, 3.05) is 5.32 Å². The molecule has 0 aliphatic heterocycles. The molecule has 0 aliphatic rings. The SMILES string of the molecule is CCCC(C)(Nc1c(C)cccc1CC)C(=O)[O-]. The van der Waals surface area contributed by atoms with Gasteiger partial charge in [0.2, 0.25) is 0 Å². The number of carboxylic acid groups (broad SMARTS) is 1. The molecule has 0 aromatic heterocycles. The molecule has 0 amide bonds. The summed E-state index contributed by atoms with van der Waals surface area (Å²) in [5, 5.41) is 14.5. The van der Waals surface area contributed by atoms with Crippen molar-refractivity contribution in [2.45, 2.75) is 52.5 Å². The van der Waals surface area contributed by atoms with Crippen molar-refractivity contribution in [1.82, 2.24) is 0 Å². The molecule has 18 heavy (non-hydrogen) atoms. The number of hydrogen-bond donors (Lipinski definition) is 1. The maximum atomic E-state index is 11.4. The summed E-state index contributed by atoms with van der Waals surface area (Å²) in [5.41, 5.74) is 2.13. The van der Waals surface area contributed by atoms with Gasteiger partial charge in [-0.2, -0.15) is 0 Å². The van der Waals surface area contributed by atoms with Gasteiger partial charge in [0.15, 0.2) is 0 Å². The van der Waals surface area contributed by atoms with E-state index in [-0.39, 0.29) is 0 Å². The third-order valence-electron chi connectivity index (χ3n) is 3.34. The summed E-state index contributed by atoms with van der Waals surface area (Å²) in [5.74, 6) is -1.05. The average molecular weight is 248 g/mol. The zero-order valence-corrected chi connectivity index (χ0v) is 11.7. The molecular formula is C15H22NO2-. The van der Waals surface area contributed by atoms with Gasteiger partial charge >= 0.3 is 0 Å². The first-order valence-electron chi connectivity index (χ1n) is 6.52. The maximum absolute atomic E-state index is 11.4. The third kappa shape index (κ3) is 3.03. The van der Waals surface area contributed by atoms with Crippen LogP contribution in [0.4, 0.5) is 5.69 Å². The molecule has 1 rings (SSSR count). The lowest BCUT2D eigenvalue weighted by molar-refractivity contribution is -0.311. The molecule has 1 aromatic rings. The van der Waals surface area contributed by atoms with Crippen LogP contribution in [0.1, 0.15) is 44.7 Å². The maximum Gasteiger partial charge on any atom is 0.0741 e. The Balaban J connectivity index is 3.11. The number of aryl methyl sites for hydroxylation is 2. The molecule has 0 radical (unpaired) electrons. The van der Waals surface area contributed by atoms with Gasteiger partial charge in [0, 0.05) is 5.69 Å². The van der Waals surface area contributed by atoms with Crippen LogP contribution in [0.2, 0.25) is 0 Å². The molecule has 0 aliphatic carbocycles. The van der Waals surface area contributed by atoms with Gasteiger partial charge in [0.25, 0.3) is 0 Å². The van der Waals surface area contributed by atoms with Gasteiger partial charge in [0.1, 0.15) is 0 Å². The van der Waals surface area contributed by atoms with Crippen LogP contribution < -0.4 is 10.4 Å². The van der Waals surface area contributed by atoms with Crippen LogP contribution in [-0.2, 0) is 11.2 Å². The van der Waals surface area contributed by atoms with Gasteiger partial charge in [-0.05, 0) is 37.8 Å². The molecule has 0 bridgehead atoms. The van der Waals surface area contributed by atoms with Crippen molar-refractivity contribution >= 4 is 11.7 Å². The Morgan fingerprint density at radius 1 is 1.39 bits per heavy atom. The minimum Gasteiger partial charge on any atom is -0.548 e. The second-order valence-electron chi connectivity index (χ2n) is 4.96. The fourth-order valence-electron chi connectivity index (χ4n) is 2.19. The van der Waals surface area contributed by atoms with E-state index < -0.39 is 11.5 Å². The van der Waals surface area contributed by atoms with Crippen LogP contribution >= 0.6 is 0 Å². The number of benzene rings is 1. The molecule has 0 fully saturated rings. The van der Waals surface area contributed by atoms with Crippen molar-refractivity contribution in [2.24, 2.45) is 0 Å². The minimum atomic E-state index is -1.05. The highest BCUT2D eigenvalue weighted by atomic mass is 16.4. The molecule has 1 aromatic carbocycles. The van der Waals surface area contributed by atoms with Crippen LogP contribution in [0.25, 0.3) is 0 Å². The summed E-state index contributed by atoms with van der Waals surface area (Å²) < 4.78 is 0. The van der Waals surface area contributed by atoms with E-state index in [4.69, 9.17) is 0 Å². The van der Waals surface area contributed by atoms with Crippen LogP contribution in [0.3, 0.4) is 0 Å². The fourth-order valence-corrected chi connectivity index (χ4v) is 2.19. The fraction of sp³-hybridized carbons (Fsp3) is 0.533. The number of carbonyl (C=O) groups excluding carboxylic acids is 1. The van der Waals surface area contributed by atoms with Crippen molar-refractivity contribution in [3.63, 3.8) is 0 Å². The quantitative estimate of drug-likeness (QED) is 0.840. The number of hydrogen-bond acceptors (Lipinski definition) is 3. The van der Waals surface area contributed by atoms with E-state index in [0.29, 0.717) is 6.42 Å². The van der Waals surface area contributed by atoms with Gasteiger partial charge in [-0.1, -0.05) is 38.5 Å². The molecule has 100 valence electrons. The second kappa shape index (κ2) is 5.89. The number of carboxylic acids is 1. The summed E-state index contributed by atoms with van der Waals surface area (Å²) >= 11 is 0. The molecule has 0 saturated heterocycles. The van der Waals surface area contributed by atoms with Crippen molar-refractivity contribution < 1.29 is 9.90 Å². The predicted octanol–water partition coefficient (Wildman–Crippen LogP) is 2.28. The van der Waals surface area contributed by atoms with E-state index in [2.05, 4.69) is 12.2 Å². The number of para-hydroxylation sites is 1. The summed E-state index contributed by atoms with van der Waals surface area (Å²) in [6, 6.07) is 6.01. The molecule has 3 heteroatoms. The largest absolute Gasteiger partial charge is 0.548 e. The zero-order chi connectivity index (χ0) is 13.8. The number of aliphatic carboxylic acids is 1. The first-order chi connectivity index (χ1) is 8.44. The number of rotatable bonds is 6. The lowest BCUT2D eigenvalue weighted by atomic mass is 9.94. The Bertz CT molecular complexity index is 429. The first-order valence-corrected chi connectivity index (χ1v) is 6.52. The number of carbonyl (C=O) groups is 1. The van der Waals surface area contributed by atoms with E-state index in [1.165, 1.54) is 0 Å². The predicted molar refractivity (Wildman–Crippen MR) is 72.5 cm³/mol. The Labute approximate surface area is 109 Å².